The van der Waals surface area contributed by atoms with E-state index in [0.717, 1.165) is 0 Å². The van der Waals surface area contributed by atoms with Gasteiger partial charge in [0.25, 0.3) is 0 Å². The summed E-state index contributed by atoms with van der Waals surface area (Å²) in [5.41, 5.74) is -0.613. The Morgan fingerprint density at radius 3 is 2.39 bits per heavy atom. The van der Waals surface area contributed by atoms with Crippen LogP contribution in [0.25, 0.3) is 0 Å². The second-order valence-corrected chi connectivity index (χ2v) is 7.76. The van der Waals surface area contributed by atoms with Crippen molar-refractivity contribution in [2.24, 2.45) is 17.3 Å². The molecule has 0 amide bonds. The van der Waals surface area contributed by atoms with E-state index >= 15 is 0 Å². The van der Waals surface area contributed by atoms with Crippen LogP contribution in [0.15, 0.2) is 54.6 Å². The van der Waals surface area contributed by atoms with Crippen LogP contribution in [0, 0.1) is 28.6 Å². The summed E-state index contributed by atoms with van der Waals surface area (Å²) in [6.07, 6.45) is -1.24. The summed E-state index contributed by atoms with van der Waals surface area (Å²) in [6, 6.07) is 17.4. The molecule has 1 fully saturated rings. The van der Waals surface area contributed by atoms with Crippen LogP contribution in [0.4, 0.5) is 8.78 Å². The number of esters is 1. The molecule has 146 valence electrons. The Bertz CT molecular complexity index is 906. The molecule has 3 rings (SSSR count). The van der Waals surface area contributed by atoms with Crippen LogP contribution in [0.5, 0.6) is 11.5 Å². The highest BCUT2D eigenvalue weighted by atomic mass is 35.5. The van der Waals surface area contributed by atoms with Crippen LogP contribution in [-0.4, -0.2) is 11.4 Å². The molecule has 1 aliphatic carbocycles. The molecular weight excluding hydrogens is 388 g/mol. The van der Waals surface area contributed by atoms with E-state index in [1.54, 1.807) is 36.4 Å². The van der Waals surface area contributed by atoms with Gasteiger partial charge >= 0.3 is 11.4 Å². The lowest BCUT2D eigenvalue weighted by atomic mass is 10.1. The van der Waals surface area contributed by atoms with E-state index in [1.165, 1.54) is 13.8 Å². The zero-order valence-corrected chi connectivity index (χ0v) is 16.0. The number of ether oxygens (including phenoxy) is 2. The smallest absolute Gasteiger partial charge is 0.325 e. The average molecular weight is 406 g/mol. The van der Waals surface area contributed by atoms with E-state index < -0.39 is 34.7 Å². The van der Waals surface area contributed by atoms with Gasteiger partial charge in [-0.2, -0.15) is 14.0 Å². The third-order valence-electron chi connectivity index (χ3n) is 4.92. The highest BCUT2D eigenvalue weighted by Crippen LogP contribution is 2.66. The number of hydrogen-bond acceptors (Lipinski definition) is 4. The molecule has 0 heterocycles. The van der Waals surface area contributed by atoms with Gasteiger partial charge in [0.05, 0.1) is 11.8 Å². The van der Waals surface area contributed by atoms with Crippen molar-refractivity contribution < 1.29 is 23.0 Å². The average Bonchev–Trinajstić information content (AvgIpc) is 3.24. The number of nitriles is 1. The summed E-state index contributed by atoms with van der Waals surface area (Å²) in [6.45, 7) is 3.05. The lowest BCUT2D eigenvalue weighted by Crippen LogP contribution is -2.17. The minimum atomic E-state index is -3.52. The zero-order chi connectivity index (χ0) is 20.5. The number of halogens is 3. The standard InChI is InChI=1S/C21H18ClF2NO3/c1-20(2)17(18(20)21(22,23)24)19(26)28-16(12-25)13-7-6-10-15(11-13)27-14-8-4-3-5-9-14/h3-11,16-18H,1-2H3. The maximum atomic E-state index is 13.5. The lowest BCUT2D eigenvalue weighted by Gasteiger charge is -2.14. The molecule has 0 aromatic heterocycles. The molecule has 1 aliphatic rings. The van der Waals surface area contributed by atoms with Crippen molar-refractivity contribution in [2.45, 2.75) is 25.3 Å². The van der Waals surface area contributed by atoms with Gasteiger partial charge in [-0.1, -0.05) is 44.2 Å². The number of carbonyl (C=O) groups is 1. The first kappa shape index (κ1) is 20.1. The SMILES string of the molecule is CC1(C)C(C(=O)OC(C#N)c2cccc(Oc3ccccc3)c2)C1C(F)(F)Cl. The largest absolute Gasteiger partial charge is 0.457 e. The quantitative estimate of drug-likeness (QED) is 0.457. The van der Waals surface area contributed by atoms with Crippen molar-refractivity contribution in [3.05, 3.63) is 60.2 Å². The highest BCUT2D eigenvalue weighted by Gasteiger charge is 2.72. The number of alkyl halides is 3. The molecule has 0 N–H and O–H groups in total. The van der Waals surface area contributed by atoms with Gasteiger partial charge in [0.15, 0.2) is 0 Å². The van der Waals surface area contributed by atoms with Crippen molar-refractivity contribution in [3.8, 4) is 17.6 Å². The van der Waals surface area contributed by atoms with Crippen molar-refractivity contribution in [3.63, 3.8) is 0 Å². The molecule has 4 nitrogen and oxygen atoms in total. The van der Waals surface area contributed by atoms with E-state index in [9.17, 15) is 18.8 Å². The molecule has 0 saturated heterocycles. The van der Waals surface area contributed by atoms with E-state index in [4.69, 9.17) is 21.1 Å². The van der Waals surface area contributed by atoms with Gasteiger partial charge < -0.3 is 9.47 Å². The van der Waals surface area contributed by atoms with E-state index in [-0.39, 0.29) is 0 Å². The fourth-order valence-corrected chi connectivity index (χ4v) is 3.82. The first-order chi connectivity index (χ1) is 13.1. The molecule has 0 spiro atoms. The van der Waals surface area contributed by atoms with Gasteiger partial charge in [-0.05, 0) is 41.3 Å². The third kappa shape index (κ3) is 4.10. The van der Waals surface area contributed by atoms with Crippen molar-refractivity contribution in [1.82, 2.24) is 0 Å². The normalized spacial score (nSPS) is 21.3. The minimum absolute atomic E-state index is 0.386. The maximum absolute atomic E-state index is 13.5. The van der Waals surface area contributed by atoms with E-state index in [1.807, 2.05) is 24.3 Å². The molecular formula is C21H18ClF2NO3. The summed E-state index contributed by atoms with van der Waals surface area (Å²) in [7, 11) is 0. The van der Waals surface area contributed by atoms with Gasteiger partial charge in [-0.25, -0.2) is 0 Å². The second-order valence-electron chi connectivity index (χ2n) is 7.25. The van der Waals surface area contributed by atoms with Crippen LogP contribution in [0.1, 0.15) is 25.5 Å². The molecule has 7 heteroatoms. The number of rotatable bonds is 6. The van der Waals surface area contributed by atoms with Gasteiger partial charge in [0.1, 0.15) is 17.6 Å². The monoisotopic (exact) mass is 405 g/mol. The molecule has 0 radical (unpaired) electrons. The third-order valence-corrected chi connectivity index (χ3v) is 5.16. The van der Waals surface area contributed by atoms with Crippen molar-refractivity contribution in [2.75, 3.05) is 0 Å². The molecule has 28 heavy (non-hydrogen) atoms. The van der Waals surface area contributed by atoms with Crippen molar-refractivity contribution in [1.29, 1.82) is 5.26 Å². The Morgan fingerprint density at radius 2 is 1.82 bits per heavy atom. The van der Waals surface area contributed by atoms with E-state index in [2.05, 4.69) is 0 Å². The van der Waals surface area contributed by atoms with E-state index in [0.29, 0.717) is 17.1 Å². The van der Waals surface area contributed by atoms with Crippen molar-refractivity contribution >= 4 is 17.6 Å². The fourth-order valence-electron chi connectivity index (χ4n) is 3.41. The Hall–Kier alpha value is -2.65. The molecule has 3 atom stereocenters. The zero-order valence-electron chi connectivity index (χ0n) is 15.2. The number of nitrogens with zero attached hydrogens (tertiary/aromatic N) is 1. The maximum Gasteiger partial charge on any atom is 0.325 e. The number of hydrogen-bond donors (Lipinski definition) is 0. The molecule has 3 unspecified atom stereocenters. The minimum Gasteiger partial charge on any atom is -0.457 e. The molecule has 0 aliphatic heterocycles. The Balaban J connectivity index is 1.73. The predicted molar refractivity (Wildman–Crippen MR) is 99.0 cm³/mol. The summed E-state index contributed by atoms with van der Waals surface area (Å²) in [5.74, 6) is -2.20. The van der Waals surface area contributed by atoms with Crippen LogP contribution in [-0.2, 0) is 9.53 Å². The van der Waals surface area contributed by atoms with Gasteiger partial charge in [-0.3, -0.25) is 4.79 Å². The molecule has 2 aromatic carbocycles. The summed E-state index contributed by atoms with van der Waals surface area (Å²) >= 11 is 5.12. The van der Waals surface area contributed by atoms with Crippen LogP contribution in [0.3, 0.4) is 0 Å². The number of para-hydroxylation sites is 1. The highest BCUT2D eigenvalue weighted by molar-refractivity contribution is 6.22. The van der Waals surface area contributed by atoms with Crippen LogP contribution < -0.4 is 4.74 Å². The second kappa shape index (κ2) is 7.40. The van der Waals surface area contributed by atoms with Gasteiger partial charge in [0.2, 0.25) is 6.10 Å². The lowest BCUT2D eigenvalue weighted by molar-refractivity contribution is -0.150. The Morgan fingerprint density at radius 1 is 1.18 bits per heavy atom. The summed E-state index contributed by atoms with van der Waals surface area (Å²) < 4.78 is 37.9. The number of benzene rings is 2. The topological polar surface area (TPSA) is 59.3 Å². The number of carbonyl (C=O) groups excluding carboxylic acids is 1. The van der Waals surface area contributed by atoms with Crippen LogP contribution in [0.2, 0.25) is 0 Å². The summed E-state index contributed by atoms with van der Waals surface area (Å²) in [5, 5.41) is 5.91. The molecule has 1 saturated carbocycles. The van der Waals surface area contributed by atoms with Gasteiger partial charge in [-0.15, -0.1) is 0 Å². The summed E-state index contributed by atoms with van der Waals surface area (Å²) in [4.78, 5) is 12.4. The first-order valence-electron chi connectivity index (χ1n) is 8.64. The predicted octanol–water partition coefficient (Wildman–Crippen LogP) is 5.69. The Kier molecular flexibility index (Phi) is 5.31. The molecule has 2 aromatic rings. The van der Waals surface area contributed by atoms with Gasteiger partial charge in [0, 0.05) is 5.56 Å². The van der Waals surface area contributed by atoms with Crippen LogP contribution >= 0.6 is 11.6 Å². The first-order valence-corrected chi connectivity index (χ1v) is 9.02. The molecule has 0 bridgehead atoms. The fraction of sp³-hybridized carbons (Fsp3) is 0.333. The Labute approximate surface area is 166 Å².